The summed E-state index contributed by atoms with van der Waals surface area (Å²) in [6.07, 6.45) is 1.90. The first-order valence-electron chi connectivity index (χ1n) is 7.19. The van der Waals surface area contributed by atoms with E-state index in [1.807, 2.05) is 0 Å². The number of nitrogens with one attached hydrogen (secondary N) is 2. The van der Waals surface area contributed by atoms with Crippen molar-refractivity contribution in [2.75, 3.05) is 18.5 Å². The van der Waals surface area contributed by atoms with Gasteiger partial charge in [0.05, 0.1) is 11.8 Å². The maximum absolute atomic E-state index is 12.4. The van der Waals surface area contributed by atoms with Crippen LogP contribution in [-0.4, -0.2) is 36.7 Å². The van der Waals surface area contributed by atoms with Crippen LogP contribution in [0.1, 0.15) is 19.8 Å². The van der Waals surface area contributed by atoms with Gasteiger partial charge >= 0.3 is 0 Å². The van der Waals surface area contributed by atoms with Crippen molar-refractivity contribution in [3.8, 4) is 5.75 Å². The van der Waals surface area contributed by atoms with Crippen molar-refractivity contribution >= 4 is 29.1 Å². The Morgan fingerprint density at radius 3 is 3.09 bits per heavy atom. The molecule has 0 saturated carbocycles. The molecule has 1 aromatic rings. The molecule has 1 fully saturated rings. The molecule has 0 aliphatic carbocycles. The van der Waals surface area contributed by atoms with Crippen LogP contribution in [0.15, 0.2) is 18.2 Å². The summed E-state index contributed by atoms with van der Waals surface area (Å²) in [4.78, 5) is 24.6. The quantitative estimate of drug-likeness (QED) is 0.830. The van der Waals surface area contributed by atoms with Crippen LogP contribution in [0.2, 0.25) is 5.02 Å². The predicted octanol–water partition coefficient (Wildman–Crippen LogP) is 1.72. The second-order valence-corrected chi connectivity index (χ2v) is 6.01. The summed E-state index contributed by atoms with van der Waals surface area (Å²) in [6.45, 7) is 2.53. The molecule has 7 heteroatoms. The van der Waals surface area contributed by atoms with Gasteiger partial charge in [-0.3, -0.25) is 9.59 Å². The van der Waals surface area contributed by atoms with Gasteiger partial charge in [-0.25, -0.2) is 0 Å². The van der Waals surface area contributed by atoms with Gasteiger partial charge in [0.15, 0.2) is 0 Å². The maximum atomic E-state index is 12.4. The highest BCUT2D eigenvalue weighted by molar-refractivity contribution is 6.31. The molecule has 2 heterocycles. The number of halogens is 1. The van der Waals surface area contributed by atoms with E-state index in [0.717, 1.165) is 12.8 Å². The molecule has 22 heavy (non-hydrogen) atoms. The van der Waals surface area contributed by atoms with E-state index in [0.29, 0.717) is 29.6 Å². The number of fused-ring (bicyclic) bond motifs is 1. The van der Waals surface area contributed by atoms with Crippen LogP contribution in [0.5, 0.6) is 5.75 Å². The number of hydrogen-bond donors (Lipinski definition) is 2. The Bertz CT molecular complexity index is 616. The smallest absolute Gasteiger partial charge is 0.278 e. The highest BCUT2D eigenvalue weighted by Gasteiger charge is 2.47. The SMILES string of the molecule is C[C@]1(C(=O)NC[C@@H]2CCCO2)Oc2ccc(Cl)cc2NC1=O. The molecule has 118 valence electrons. The van der Waals surface area contributed by atoms with E-state index in [9.17, 15) is 9.59 Å². The average molecular weight is 325 g/mol. The van der Waals surface area contributed by atoms with E-state index >= 15 is 0 Å². The zero-order chi connectivity index (χ0) is 15.7. The van der Waals surface area contributed by atoms with E-state index in [1.54, 1.807) is 18.2 Å². The van der Waals surface area contributed by atoms with Gasteiger partial charge in [0, 0.05) is 18.2 Å². The van der Waals surface area contributed by atoms with E-state index in [2.05, 4.69) is 10.6 Å². The van der Waals surface area contributed by atoms with Gasteiger partial charge in [-0.15, -0.1) is 0 Å². The summed E-state index contributed by atoms with van der Waals surface area (Å²) in [6, 6.07) is 4.85. The number of hydrogen-bond acceptors (Lipinski definition) is 4. The number of benzene rings is 1. The minimum Gasteiger partial charge on any atom is -0.466 e. The molecule has 0 unspecified atom stereocenters. The Morgan fingerprint density at radius 1 is 1.55 bits per heavy atom. The molecule has 2 atom stereocenters. The molecule has 2 amide bonds. The Morgan fingerprint density at radius 2 is 2.36 bits per heavy atom. The van der Waals surface area contributed by atoms with E-state index < -0.39 is 17.4 Å². The normalized spacial score (nSPS) is 26.8. The summed E-state index contributed by atoms with van der Waals surface area (Å²) in [7, 11) is 0. The van der Waals surface area contributed by atoms with Crippen molar-refractivity contribution in [2.24, 2.45) is 0 Å². The Hall–Kier alpha value is -1.79. The number of carbonyl (C=O) groups is 2. The molecule has 0 bridgehead atoms. The molecular weight excluding hydrogens is 308 g/mol. The molecule has 0 aromatic heterocycles. The Labute approximate surface area is 133 Å². The number of amides is 2. The molecule has 1 saturated heterocycles. The van der Waals surface area contributed by atoms with Crippen LogP contribution >= 0.6 is 11.6 Å². The van der Waals surface area contributed by atoms with Crippen molar-refractivity contribution < 1.29 is 19.1 Å². The molecule has 2 N–H and O–H groups in total. The van der Waals surface area contributed by atoms with Crippen LogP contribution in [-0.2, 0) is 14.3 Å². The van der Waals surface area contributed by atoms with Crippen molar-refractivity contribution in [3.63, 3.8) is 0 Å². The average Bonchev–Trinajstić information content (AvgIpc) is 2.99. The monoisotopic (exact) mass is 324 g/mol. The van der Waals surface area contributed by atoms with Crippen molar-refractivity contribution in [1.82, 2.24) is 5.32 Å². The van der Waals surface area contributed by atoms with Gasteiger partial charge in [0.1, 0.15) is 5.75 Å². The summed E-state index contributed by atoms with van der Waals surface area (Å²) < 4.78 is 11.1. The third kappa shape index (κ3) is 2.76. The molecule has 2 aliphatic rings. The van der Waals surface area contributed by atoms with Crippen LogP contribution in [0.3, 0.4) is 0 Å². The lowest BCUT2D eigenvalue weighted by atomic mass is 10.0. The van der Waals surface area contributed by atoms with Crippen LogP contribution < -0.4 is 15.4 Å². The fraction of sp³-hybridized carbons (Fsp3) is 0.467. The summed E-state index contributed by atoms with van der Waals surface area (Å²) in [5, 5.41) is 5.87. The third-order valence-corrected chi connectivity index (χ3v) is 4.12. The van der Waals surface area contributed by atoms with Gasteiger partial charge in [0.25, 0.3) is 17.4 Å². The zero-order valence-electron chi connectivity index (χ0n) is 12.1. The lowest BCUT2D eigenvalue weighted by Gasteiger charge is -2.33. The van der Waals surface area contributed by atoms with E-state index in [-0.39, 0.29) is 6.10 Å². The Kier molecular flexibility index (Phi) is 3.97. The van der Waals surface area contributed by atoms with Crippen LogP contribution in [0.4, 0.5) is 5.69 Å². The molecule has 0 radical (unpaired) electrons. The molecule has 0 spiro atoms. The Balaban J connectivity index is 1.72. The highest BCUT2D eigenvalue weighted by atomic mass is 35.5. The fourth-order valence-electron chi connectivity index (χ4n) is 2.53. The first kappa shape index (κ1) is 15.1. The van der Waals surface area contributed by atoms with E-state index in [1.165, 1.54) is 6.92 Å². The number of carbonyl (C=O) groups excluding carboxylic acids is 2. The van der Waals surface area contributed by atoms with Gasteiger partial charge in [-0.05, 0) is 38.0 Å². The minimum absolute atomic E-state index is 0.00490. The summed E-state index contributed by atoms with van der Waals surface area (Å²) in [5.41, 5.74) is -1.15. The van der Waals surface area contributed by atoms with E-state index in [4.69, 9.17) is 21.1 Å². The molecule has 6 nitrogen and oxygen atoms in total. The van der Waals surface area contributed by atoms with Gasteiger partial charge in [-0.2, -0.15) is 0 Å². The fourth-order valence-corrected chi connectivity index (χ4v) is 2.70. The van der Waals surface area contributed by atoms with Crippen molar-refractivity contribution in [1.29, 1.82) is 0 Å². The van der Waals surface area contributed by atoms with Gasteiger partial charge in [-0.1, -0.05) is 11.6 Å². The predicted molar refractivity (Wildman–Crippen MR) is 81.1 cm³/mol. The van der Waals surface area contributed by atoms with Crippen LogP contribution in [0, 0.1) is 0 Å². The second kappa shape index (κ2) is 5.78. The maximum Gasteiger partial charge on any atom is 0.278 e. The van der Waals surface area contributed by atoms with Crippen molar-refractivity contribution in [2.45, 2.75) is 31.5 Å². The largest absolute Gasteiger partial charge is 0.466 e. The van der Waals surface area contributed by atoms with Gasteiger partial charge in [0.2, 0.25) is 0 Å². The highest BCUT2D eigenvalue weighted by Crippen LogP contribution is 2.35. The number of ether oxygens (including phenoxy) is 2. The van der Waals surface area contributed by atoms with Crippen molar-refractivity contribution in [3.05, 3.63) is 23.2 Å². The first-order chi connectivity index (χ1) is 10.5. The topological polar surface area (TPSA) is 76.7 Å². The summed E-state index contributed by atoms with van der Waals surface area (Å²) in [5.74, 6) is -0.591. The first-order valence-corrected chi connectivity index (χ1v) is 7.57. The second-order valence-electron chi connectivity index (χ2n) is 5.57. The lowest BCUT2D eigenvalue weighted by molar-refractivity contribution is -0.147. The zero-order valence-corrected chi connectivity index (χ0v) is 12.9. The lowest BCUT2D eigenvalue weighted by Crippen LogP contribution is -2.59. The van der Waals surface area contributed by atoms with Gasteiger partial charge < -0.3 is 20.1 Å². The molecule has 3 rings (SSSR count). The number of rotatable bonds is 3. The molecule has 1 aromatic carbocycles. The van der Waals surface area contributed by atoms with Crippen LogP contribution in [0.25, 0.3) is 0 Å². The molecular formula is C15H17ClN2O4. The standard InChI is InChI=1S/C15H17ClN2O4/c1-15(13(19)17-8-10-3-2-6-21-10)14(20)18-11-7-9(16)4-5-12(11)22-15/h4-5,7,10H,2-3,6,8H2,1H3,(H,17,19)(H,18,20)/t10-,15+/m0/s1. The molecule has 2 aliphatic heterocycles. The summed E-state index contributed by atoms with van der Waals surface area (Å²) >= 11 is 5.88. The number of anilines is 1. The third-order valence-electron chi connectivity index (χ3n) is 3.88. The minimum atomic E-state index is -1.61.